The van der Waals surface area contributed by atoms with Gasteiger partial charge in [0.05, 0.1) is 6.54 Å². The Morgan fingerprint density at radius 1 is 1.03 bits per heavy atom. The fourth-order valence-corrected chi connectivity index (χ4v) is 3.84. The fraction of sp³-hybridized carbons (Fsp3) is 0.550. The minimum Gasteiger partial charge on any atom is -0.481 e. The third kappa shape index (κ3) is 4.72. The van der Waals surface area contributed by atoms with Crippen molar-refractivity contribution in [2.45, 2.75) is 38.8 Å². The number of benzene rings is 1. The summed E-state index contributed by atoms with van der Waals surface area (Å²) < 4.78 is 34.0. The predicted molar refractivity (Wildman–Crippen MR) is 101 cm³/mol. The molecule has 0 bridgehead atoms. The lowest BCUT2D eigenvalue weighted by atomic mass is 10.2. The second-order valence-corrected chi connectivity index (χ2v) is 7.52. The summed E-state index contributed by atoms with van der Waals surface area (Å²) in [7, 11) is 0. The molecule has 156 valence electrons. The van der Waals surface area contributed by atoms with Crippen molar-refractivity contribution < 1.29 is 18.3 Å². The third-order valence-electron chi connectivity index (χ3n) is 5.52. The highest BCUT2D eigenvalue weighted by Crippen LogP contribution is 2.18. The fourth-order valence-electron chi connectivity index (χ4n) is 3.84. The number of nitrogens with zero attached hydrogens (tertiary/aromatic N) is 5. The topological polar surface area (TPSA) is 63.5 Å². The molecule has 29 heavy (non-hydrogen) atoms. The van der Waals surface area contributed by atoms with E-state index in [0.29, 0.717) is 13.1 Å². The van der Waals surface area contributed by atoms with Crippen molar-refractivity contribution in [1.82, 2.24) is 24.6 Å². The van der Waals surface area contributed by atoms with Crippen LogP contribution in [-0.2, 0) is 24.3 Å². The molecule has 0 unspecified atom stereocenters. The number of rotatable bonds is 5. The van der Waals surface area contributed by atoms with E-state index >= 15 is 0 Å². The van der Waals surface area contributed by atoms with E-state index in [-0.39, 0.29) is 18.3 Å². The standard InChI is InChI=1S/C20H25F2N5O2/c21-15-5-6-17(16(22)12-15)29-14-20(28)26-10-8-25(9-11-26)13-19-24-23-18-4-2-1-3-7-27(18)19/h5-6,12H,1-4,7-11,13-14H2. The number of carbonyl (C=O) groups is 1. The average Bonchev–Trinajstić information content (AvgIpc) is 2.94. The van der Waals surface area contributed by atoms with Crippen LogP contribution in [0.5, 0.6) is 5.75 Å². The molecule has 1 saturated heterocycles. The lowest BCUT2D eigenvalue weighted by molar-refractivity contribution is -0.135. The SMILES string of the molecule is O=C(COc1ccc(F)cc1F)N1CCN(Cc2nnc3n2CCCCC3)CC1. The Bertz CT molecular complexity index is 865. The Balaban J connectivity index is 1.26. The van der Waals surface area contributed by atoms with Crippen LogP contribution in [0.15, 0.2) is 18.2 Å². The van der Waals surface area contributed by atoms with Crippen LogP contribution in [-0.4, -0.2) is 63.3 Å². The number of piperazine rings is 1. The van der Waals surface area contributed by atoms with Gasteiger partial charge >= 0.3 is 0 Å². The van der Waals surface area contributed by atoms with Gasteiger partial charge in [-0.25, -0.2) is 8.78 Å². The van der Waals surface area contributed by atoms with E-state index in [2.05, 4.69) is 19.7 Å². The largest absolute Gasteiger partial charge is 0.481 e. The molecule has 1 amide bonds. The maximum absolute atomic E-state index is 13.6. The summed E-state index contributed by atoms with van der Waals surface area (Å²) in [4.78, 5) is 16.3. The second-order valence-electron chi connectivity index (χ2n) is 7.52. The van der Waals surface area contributed by atoms with E-state index in [1.54, 1.807) is 4.90 Å². The number of amides is 1. The van der Waals surface area contributed by atoms with Gasteiger partial charge < -0.3 is 14.2 Å². The molecule has 3 heterocycles. The van der Waals surface area contributed by atoms with Gasteiger partial charge in [-0.2, -0.15) is 0 Å². The number of carbonyl (C=O) groups excluding carboxylic acids is 1. The van der Waals surface area contributed by atoms with E-state index in [1.165, 1.54) is 18.9 Å². The number of aryl methyl sites for hydroxylation is 1. The Labute approximate surface area is 168 Å². The van der Waals surface area contributed by atoms with Gasteiger partial charge in [-0.1, -0.05) is 6.42 Å². The van der Waals surface area contributed by atoms with Crippen LogP contribution in [0.1, 0.15) is 30.9 Å². The van der Waals surface area contributed by atoms with E-state index in [0.717, 1.165) is 62.8 Å². The number of halogens is 2. The number of hydrogen-bond donors (Lipinski definition) is 0. The molecule has 2 aliphatic heterocycles. The Morgan fingerprint density at radius 2 is 1.86 bits per heavy atom. The maximum atomic E-state index is 13.6. The molecule has 0 radical (unpaired) electrons. The van der Waals surface area contributed by atoms with Crippen LogP contribution in [0.3, 0.4) is 0 Å². The summed E-state index contributed by atoms with van der Waals surface area (Å²) in [6.45, 7) is 4.07. The highest BCUT2D eigenvalue weighted by atomic mass is 19.1. The van der Waals surface area contributed by atoms with Gasteiger partial charge in [-0.3, -0.25) is 9.69 Å². The van der Waals surface area contributed by atoms with Crippen molar-refractivity contribution in [2.24, 2.45) is 0 Å². The first-order chi connectivity index (χ1) is 14.1. The summed E-state index contributed by atoms with van der Waals surface area (Å²) in [5, 5.41) is 8.72. The van der Waals surface area contributed by atoms with Gasteiger partial charge in [0.25, 0.3) is 5.91 Å². The zero-order valence-corrected chi connectivity index (χ0v) is 16.3. The quantitative estimate of drug-likeness (QED) is 0.762. The molecule has 2 aromatic rings. The normalized spacial score (nSPS) is 17.7. The number of aromatic nitrogens is 3. The maximum Gasteiger partial charge on any atom is 0.260 e. The Kier molecular flexibility index (Phi) is 6.03. The highest BCUT2D eigenvalue weighted by molar-refractivity contribution is 5.77. The minimum absolute atomic E-state index is 0.120. The predicted octanol–water partition coefficient (Wildman–Crippen LogP) is 2.01. The van der Waals surface area contributed by atoms with Crippen molar-refractivity contribution >= 4 is 5.91 Å². The summed E-state index contributed by atoms with van der Waals surface area (Å²) in [6.07, 6.45) is 4.55. The zero-order valence-electron chi connectivity index (χ0n) is 16.3. The van der Waals surface area contributed by atoms with E-state index in [1.807, 2.05) is 0 Å². The Morgan fingerprint density at radius 3 is 2.66 bits per heavy atom. The zero-order chi connectivity index (χ0) is 20.2. The molecule has 1 aromatic heterocycles. The van der Waals surface area contributed by atoms with Crippen LogP contribution in [0.2, 0.25) is 0 Å². The van der Waals surface area contributed by atoms with E-state index in [4.69, 9.17) is 4.74 Å². The molecular formula is C20H25F2N5O2. The van der Waals surface area contributed by atoms with E-state index in [9.17, 15) is 13.6 Å². The van der Waals surface area contributed by atoms with Crippen LogP contribution >= 0.6 is 0 Å². The van der Waals surface area contributed by atoms with Crippen LogP contribution in [0.4, 0.5) is 8.78 Å². The van der Waals surface area contributed by atoms with Crippen molar-refractivity contribution in [2.75, 3.05) is 32.8 Å². The summed E-state index contributed by atoms with van der Waals surface area (Å²) in [5.74, 6) is 0.265. The molecule has 0 aliphatic carbocycles. The monoisotopic (exact) mass is 405 g/mol. The first-order valence-electron chi connectivity index (χ1n) is 10.1. The Hall–Kier alpha value is -2.55. The first-order valence-corrected chi connectivity index (χ1v) is 10.1. The summed E-state index contributed by atoms with van der Waals surface area (Å²) in [5.41, 5.74) is 0. The van der Waals surface area contributed by atoms with Crippen LogP contribution in [0.25, 0.3) is 0 Å². The van der Waals surface area contributed by atoms with Gasteiger partial charge in [0.2, 0.25) is 0 Å². The van der Waals surface area contributed by atoms with Crippen molar-refractivity contribution in [1.29, 1.82) is 0 Å². The molecule has 2 aliphatic rings. The highest BCUT2D eigenvalue weighted by Gasteiger charge is 2.24. The van der Waals surface area contributed by atoms with Gasteiger partial charge in [0, 0.05) is 45.2 Å². The molecule has 0 saturated carbocycles. The molecule has 4 rings (SSSR count). The molecular weight excluding hydrogens is 380 g/mol. The third-order valence-corrected chi connectivity index (χ3v) is 5.52. The molecule has 0 atom stereocenters. The lowest BCUT2D eigenvalue weighted by Gasteiger charge is -2.34. The first kappa shape index (κ1) is 19.8. The minimum atomic E-state index is -0.810. The molecule has 1 aromatic carbocycles. The summed E-state index contributed by atoms with van der Waals surface area (Å²) in [6, 6.07) is 3.04. The van der Waals surface area contributed by atoms with Gasteiger partial charge in [-0.05, 0) is 25.0 Å². The smallest absolute Gasteiger partial charge is 0.260 e. The van der Waals surface area contributed by atoms with Crippen molar-refractivity contribution in [3.63, 3.8) is 0 Å². The van der Waals surface area contributed by atoms with Gasteiger partial charge in [0.1, 0.15) is 17.5 Å². The molecule has 9 heteroatoms. The van der Waals surface area contributed by atoms with Crippen molar-refractivity contribution in [3.05, 3.63) is 41.5 Å². The molecule has 1 fully saturated rings. The molecule has 0 N–H and O–H groups in total. The van der Waals surface area contributed by atoms with Gasteiger partial charge in [0.15, 0.2) is 18.2 Å². The molecule has 7 nitrogen and oxygen atoms in total. The summed E-state index contributed by atoms with van der Waals surface area (Å²) >= 11 is 0. The number of fused-ring (bicyclic) bond motifs is 1. The number of hydrogen-bond acceptors (Lipinski definition) is 5. The molecule has 0 spiro atoms. The average molecular weight is 405 g/mol. The van der Waals surface area contributed by atoms with Crippen molar-refractivity contribution in [3.8, 4) is 5.75 Å². The van der Waals surface area contributed by atoms with Crippen LogP contribution < -0.4 is 4.74 Å². The lowest BCUT2D eigenvalue weighted by Crippen LogP contribution is -2.49. The van der Waals surface area contributed by atoms with E-state index < -0.39 is 11.6 Å². The second kappa shape index (κ2) is 8.86. The van der Waals surface area contributed by atoms with Crippen LogP contribution in [0, 0.1) is 11.6 Å². The van der Waals surface area contributed by atoms with Gasteiger partial charge in [-0.15, -0.1) is 10.2 Å². The number of ether oxygens (including phenoxy) is 1.